The van der Waals surface area contributed by atoms with Crippen LogP contribution in [0.5, 0.6) is 5.75 Å². The molecule has 0 aromatic heterocycles. The predicted octanol–water partition coefficient (Wildman–Crippen LogP) is 5.06. The Morgan fingerprint density at radius 1 is 0.963 bits per heavy atom. The van der Waals surface area contributed by atoms with Crippen LogP contribution < -0.4 is 10.1 Å². The lowest BCUT2D eigenvalue weighted by molar-refractivity contribution is -0.143. The second-order valence-corrected chi connectivity index (χ2v) is 6.04. The molecule has 1 heterocycles. The number of fused-ring (bicyclic) bond motifs is 1. The van der Waals surface area contributed by atoms with E-state index in [0.29, 0.717) is 24.3 Å². The number of nitrogens with one attached hydrogen (secondary N) is 1. The molecule has 1 N–H and O–H groups in total. The topological polar surface area (TPSA) is 38.3 Å². The molecule has 2 aromatic carbocycles. The quantitative estimate of drug-likeness (QED) is 0.730. The van der Waals surface area contributed by atoms with Crippen LogP contribution in [-0.2, 0) is 23.6 Å². The minimum absolute atomic E-state index is 0.00299. The largest absolute Gasteiger partial charge is 0.480 e. The van der Waals surface area contributed by atoms with Gasteiger partial charge in [-0.15, -0.1) is 0 Å². The lowest BCUT2D eigenvalue weighted by Gasteiger charge is -2.25. The van der Waals surface area contributed by atoms with E-state index in [1.807, 2.05) is 6.07 Å². The lowest BCUT2D eigenvalue weighted by Crippen LogP contribution is -2.36. The Balaban J connectivity index is 1.83. The van der Waals surface area contributed by atoms with E-state index < -0.39 is 41.2 Å². The van der Waals surface area contributed by atoms with Gasteiger partial charge in [0, 0.05) is 5.69 Å². The highest BCUT2D eigenvalue weighted by atomic mass is 19.4. The molecule has 1 amide bonds. The van der Waals surface area contributed by atoms with E-state index in [-0.39, 0.29) is 12.5 Å². The Bertz CT molecular complexity index is 827. The van der Waals surface area contributed by atoms with Gasteiger partial charge in [0.1, 0.15) is 5.75 Å². The standard InChI is InChI=1S/C18H13F6NO2/c19-17(20,21)11-7-12(18(22,23)24)9-13(8-11)25-16(26)15-6-5-10-3-1-2-4-14(10)27-15/h1-4,7-9,15H,5-6H2,(H,25,26). The van der Waals surface area contributed by atoms with Crippen LogP contribution in [-0.4, -0.2) is 12.0 Å². The number of para-hydroxylation sites is 1. The van der Waals surface area contributed by atoms with Crippen molar-refractivity contribution in [2.75, 3.05) is 5.32 Å². The molecule has 0 radical (unpaired) electrons. The van der Waals surface area contributed by atoms with Crippen molar-refractivity contribution in [2.45, 2.75) is 31.3 Å². The fourth-order valence-corrected chi connectivity index (χ4v) is 2.76. The average Bonchev–Trinajstić information content (AvgIpc) is 2.59. The summed E-state index contributed by atoms with van der Waals surface area (Å²) in [5.41, 5.74) is -2.71. The molecular formula is C18H13F6NO2. The molecule has 3 nitrogen and oxygen atoms in total. The second-order valence-electron chi connectivity index (χ2n) is 6.04. The third-order valence-corrected chi connectivity index (χ3v) is 4.07. The van der Waals surface area contributed by atoms with Gasteiger partial charge in [0.05, 0.1) is 11.1 Å². The minimum atomic E-state index is -4.99. The normalized spacial score (nSPS) is 17.0. The zero-order valence-corrected chi connectivity index (χ0v) is 13.6. The molecule has 0 saturated heterocycles. The fraction of sp³-hybridized carbons (Fsp3) is 0.278. The fourth-order valence-electron chi connectivity index (χ4n) is 2.76. The van der Waals surface area contributed by atoms with E-state index >= 15 is 0 Å². The Morgan fingerprint density at radius 2 is 1.56 bits per heavy atom. The smallest absolute Gasteiger partial charge is 0.416 e. The molecule has 1 aliphatic rings. The summed E-state index contributed by atoms with van der Waals surface area (Å²) in [4.78, 5) is 12.3. The number of alkyl halides is 6. The van der Waals surface area contributed by atoms with Crippen molar-refractivity contribution in [1.82, 2.24) is 0 Å². The van der Waals surface area contributed by atoms with Crippen molar-refractivity contribution in [3.63, 3.8) is 0 Å². The maximum Gasteiger partial charge on any atom is 0.416 e. The van der Waals surface area contributed by atoms with Crippen LogP contribution in [0.1, 0.15) is 23.1 Å². The molecule has 2 aromatic rings. The zero-order valence-electron chi connectivity index (χ0n) is 13.6. The van der Waals surface area contributed by atoms with Gasteiger partial charge in [-0.3, -0.25) is 4.79 Å². The van der Waals surface area contributed by atoms with Gasteiger partial charge < -0.3 is 10.1 Å². The summed E-state index contributed by atoms with van der Waals surface area (Å²) in [7, 11) is 0. The number of carbonyl (C=O) groups excluding carboxylic acids is 1. The summed E-state index contributed by atoms with van der Waals surface area (Å²) >= 11 is 0. The molecular weight excluding hydrogens is 376 g/mol. The number of benzene rings is 2. The number of halogens is 6. The van der Waals surface area contributed by atoms with Gasteiger partial charge in [-0.05, 0) is 42.7 Å². The third kappa shape index (κ3) is 4.35. The zero-order chi connectivity index (χ0) is 19.8. The number of carbonyl (C=O) groups is 1. The SMILES string of the molecule is O=C(Nc1cc(C(F)(F)F)cc(C(F)(F)F)c1)C1CCc2ccccc2O1. The molecule has 3 rings (SSSR count). The molecule has 9 heteroatoms. The molecule has 27 heavy (non-hydrogen) atoms. The summed E-state index contributed by atoms with van der Waals surface area (Å²) < 4.78 is 82.8. The van der Waals surface area contributed by atoms with Crippen LogP contribution in [0.2, 0.25) is 0 Å². The molecule has 0 fully saturated rings. The predicted molar refractivity (Wildman–Crippen MR) is 84.3 cm³/mol. The molecule has 144 valence electrons. The van der Waals surface area contributed by atoms with Gasteiger partial charge in [0.15, 0.2) is 6.10 Å². The van der Waals surface area contributed by atoms with Gasteiger partial charge in [0.25, 0.3) is 5.91 Å². The number of aryl methyl sites for hydroxylation is 1. The number of hydrogen-bond donors (Lipinski definition) is 1. The van der Waals surface area contributed by atoms with Crippen LogP contribution in [0.15, 0.2) is 42.5 Å². The van der Waals surface area contributed by atoms with Crippen molar-refractivity contribution in [2.24, 2.45) is 0 Å². The first-order valence-corrected chi connectivity index (χ1v) is 7.89. The van der Waals surface area contributed by atoms with E-state index in [1.165, 1.54) is 0 Å². The highest BCUT2D eigenvalue weighted by molar-refractivity contribution is 5.94. The molecule has 1 aliphatic heterocycles. The van der Waals surface area contributed by atoms with E-state index in [1.54, 1.807) is 18.2 Å². The van der Waals surface area contributed by atoms with Gasteiger partial charge in [-0.1, -0.05) is 18.2 Å². The summed E-state index contributed by atoms with van der Waals surface area (Å²) in [5.74, 6) is -0.346. The first-order chi connectivity index (χ1) is 12.5. The first-order valence-electron chi connectivity index (χ1n) is 7.89. The van der Waals surface area contributed by atoms with Crippen LogP contribution in [0.25, 0.3) is 0 Å². The summed E-state index contributed by atoms with van der Waals surface area (Å²) in [6, 6.07) is 7.87. The van der Waals surface area contributed by atoms with Crippen LogP contribution in [0, 0.1) is 0 Å². The van der Waals surface area contributed by atoms with Crippen molar-refractivity contribution < 1.29 is 35.9 Å². The van der Waals surface area contributed by atoms with E-state index in [0.717, 1.165) is 5.56 Å². The third-order valence-electron chi connectivity index (χ3n) is 4.07. The number of amides is 1. The summed E-state index contributed by atoms with van der Waals surface area (Å²) in [5, 5.41) is 2.10. The minimum Gasteiger partial charge on any atom is -0.480 e. The molecule has 0 spiro atoms. The molecule has 1 atom stereocenters. The van der Waals surface area contributed by atoms with E-state index in [2.05, 4.69) is 5.32 Å². The van der Waals surface area contributed by atoms with Crippen molar-refractivity contribution in [3.8, 4) is 5.75 Å². The Hall–Kier alpha value is -2.71. The molecule has 0 aliphatic carbocycles. The summed E-state index contributed by atoms with van der Waals surface area (Å²) in [6.45, 7) is 0. The monoisotopic (exact) mass is 389 g/mol. The van der Waals surface area contributed by atoms with Crippen LogP contribution >= 0.6 is 0 Å². The van der Waals surface area contributed by atoms with Crippen molar-refractivity contribution in [1.29, 1.82) is 0 Å². The van der Waals surface area contributed by atoms with Gasteiger partial charge >= 0.3 is 12.4 Å². The van der Waals surface area contributed by atoms with E-state index in [9.17, 15) is 31.1 Å². The van der Waals surface area contributed by atoms with Gasteiger partial charge in [0.2, 0.25) is 0 Å². The average molecular weight is 389 g/mol. The van der Waals surface area contributed by atoms with E-state index in [4.69, 9.17) is 4.74 Å². The Kier molecular flexibility index (Phi) is 4.79. The Labute approximate surface area is 149 Å². The maximum atomic E-state index is 12.9. The number of anilines is 1. The number of rotatable bonds is 2. The molecule has 0 saturated carbocycles. The number of hydrogen-bond acceptors (Lipinski definition) is 2. The lowest BCUT2D eigenvalue weighted by atomic mass is 10.0. The summed E-state index contributed by atoms with van der Waals surface area (Å²) in [6.07, 6.45) is -10.2. The molecule has 1 unspecified atom stereocenters. The van der Waals surface area contributed by atoms with Crippen molar-refractivity contribution in [3.05, 3.63) is 59.2 Å². The Morgan fingerprint density at radius 3 is 2.15 bits per heavy atom. The second kappa shape index (κ2) is 6.79. The highest BCUT2D eigenvalue weighted by Crippen LogP contribution is 2.37. The van der Waals surface area contributed by atoms with Gasteiger partial charge in [-0.2, -0.15) is 26.3 Å². The first kappa shape index (κ1) is 19.1. The number of ether oxygens (including phenoxy) is 1. The highest BCUT2D eigenvalue weighted by Gasteiger charge is 2.37. The van der Waals surface area contributed by atoms with Gasteiger partial charge in [-0.25, -0.2) is 0 Å². The maximum absolute atomic E-state index is 12.9. The van der Waals surface area contributed by atoms with Crippen LogP contribution in [0.4, 0.5) is 32.0 Å². The van der Waals surface area contributed by atoms with Crippen molar-refractivity contribution >= 4 is 11.6 Å². The van der Waals surface area contributed by atoms with Crippen LogP contribution in [0.3, 0.4) is 0 Å². The molecule has 0 bridgehead atoms.